The van der Waals surface area contributed by atoms with E-state index in [9.17, 15) is 13.2 Å². The van der Waals surface area contributed by atoms with Crippen LogP contribution in [-0.2, 0) is 10.0 Å². The normalized spacial score (nSPS) is 11.8. The zero-order chi connectivity index (χ0) is 17.9. The Bertz CT molecular complexity index is 836. The lowest BCUT2D eigenvalue weighted by Crippen LogP contribution is -2.33. The number of hydrogen-bond donors (Lipinski definition) is 1. The molecule has 0 saturated carbocycles. The number of carbonyl (C=O) groups excluding carboxylic acids is 1. The van der Waals surface area contributed by atoms with E-state index < -0.39 is 10.0 Å². The summed E-state index contributed by atoms with van der Waals surface area (Å²) in [7, 11) is -2.02. The summed E-state index contributed by atoms with van der Waals surface area (Å²) in [6.07, 6.45) is 1.44. The number of nitrogens with one attached hydrogen (secondary N) is 1. The molecular formula is C16H18ClN3O3S. The summed E-state index contributed by atoms with van der Waals surface area (Å²) in [5.74, 6) is -0.353. The molecular weight excluding hydrogens is 350 g/mol. The lowest BCUT2D eigenvalue weighted by molar-refractivity contribution is 0.102. The predicted octanol–water partition coefficient (Wildman–Crippen LogP) is 3.02. The lowest BCUT2D eigenvalue weighted by atomic mass is 10.2. The van der Waals surface area contributed by atoms with Crippen molar-refractivity contribution >= 4 is 33.2 Å². The minimum Gasteiger partial charge on any atom is -0.322 e. The van der Waals surface area contributed by atoms with Crippen LogP contribution in [0.2, 0.25) is 5.15 Å². The largest absolute Gasteiger partial charge is 0.322 e. The van der Waals surface area contributed by atoms with Crippen LogP contribution in [0.25, 0.3) is 0 Å². The summed E-state index contributed by atoms with van der Waals surface area (Å²) < 4.78 is 26.1. The number of rotatable bonds is 5. The molecule has 0 aliphatic rings. The van der Waals surface area contributed by atoms with E-state index in [0.717, 1.165) is 0 Å². The van der Waals surface area contributed by atoms with Gasteiger partial charge in [-0.3, -0.25) is 4.79 Å². The van der Waals surface area contributed by atoms with E-state index >= 15 is 0 Å². The van der Waals surface area contributed by atoms with Crippen molar-refractivity contribution in [2.24, 2.45) is 0 Å². The van der Waals surface area contributed by atoms with Crippen LogP contribution in [0.5, 0.6) is 0 Å². The maximum atomic E-state index is 12.4. The monoisotopic (exact) mass is 367 g/mol. The smallest absolute Gasteiger partial charge is 0.255 e. The van der Waals surface area contributed by atoms with Crippen molar-refractivity contribution in [1.82, 2.24) is 9.29 Å². The van der Waals surface area contributed by atoms with Gasteiger partial charge in [-0.25, -0.2) is 13.4 Å². The molecule has 2 rings (SSSR count). The molecule has 128 valence electrons. The van der Waals surface area contributed by atoms with E-state index in [1.54, 1.807) is 26.0 Å². The summed E-state index contributed by atoms with van der Waals surface area (Å²) in [6, 6.07) is 8.85. The molecule has 1 aromatic heterocycles. The molecule has 8 heteroatoms. The van der Waals surface area contributed by atoms with E-state index in [0.29, 0.717) is 11.3 Å². The predicted molar refractivity (Wildman–Crippen MR) is 93.7 cm³/mol. The summed E-state index contributed by atoms with van der Waals surface area (Å²) in [4.78, 5) is 16.1. The van der Waals surface area contributed by atoms with Gasteiger partial charge in [0.15, 0.2) is 0 Å². The second-order valence-corrected chi connectivity index (χ2v) is 7.85. The van der Waals surface area contributed by atoms with E-state index in [-0.39, 0.29) is 22.0 Å². The number of sulfonamides is 1. The number of nitrogens with zero attached hydrogens (tertiary/aromatic N) is 2. The number of benzene rings is 1. The zero-order valence-electron chi connectivity index (χ0n) is 13.5. The molecule has 0 fully saturated rings. The first-order valence-corrected chi connectivity index (χ1v) is 9.04. The Kier molecular flexibility index (Phi) is 5.58. The highest BCUT2D eigenvalue weighted by Gasteiger charge is 2.22. The second-order valence-electron chi connectivity index (χ2n) is 5.46. The first kappa shape index (κ1) is 18.4. The fourth-order valence-corrected chi connectivity index (χ4v) is 3.44. The molecule has 1 amide bonds. The highest BCUT2D eigenvalue weighted by atomic mass is 35.5. The summed E-state index contributed by atoms with van der Waals surface area (Å²) in [5, 5.41) is 2.91. The van der Waals surface area contributed by atoms with Gasteiger partial charge in [-0.2, -0.15) is 4.31 Å². The third kappa shape index (κ3) is 4.11. The van der Waals surface area contributed by atoms with Crippen molar-refractivity contribution in [2.75, 3.05) is 12.4 Å². The van der Waals surface area contributed by atoms with E-state index in [2.05, 4.69) is 10.3 Å². The van der Waals surface area contributed by atoms with Crippen LogP contribution in [-0.4, -0.2) is 36.7 Å². The van der Waals surface area contributed by atoms with Gasteiger partial charge in [-0.15, -0.1) is 0 Å². The molecule has 0 aliphatic heterocycles. The average Bonchev–Trinajstić information content (AvgIpc) is 2.54. The maximum Gasteiger partial charge on any atom is 0.255 e. The van der Waals surface area contributed by atoms with Gasteiger partial charge in [0.1, 0.15) is 5.15 Å². The fraction of sp³-hybridized carbons (Fsp3) is 0.250. The standard InChI is InChI=1S/C16H18ClN3O3S/c1-11(2)20(3)24(22,23)14-6-4-13(5-7-14)19-16(21)12-8-9-18-15(17)10-12/h4-11H,1-3H3,(H,19,21). The van der Waals surface area contributed by atoms with Gasteiger partial charge in [-0.1, -0.05) is 11.6 Å². The van der Waals surface area contributed by atoms with Crippen molar-refractivity contribution in [3.63, 3.8) is 0 Å². The van der Waals surface area contributed by atoms with Gasteiger partial charge >= 0.3 is 0 Å². The van der Waals surface area contributed by atoms with Crippen molar-refractivity contribution in [3.05, 3.63) is 53.3 Å². The minimum atomic E-state index is -3.55. The van der Waals surface area contributed by atoms with E-state index in [1.165, 1.54) is 41.8 Å². The molecule has 1 aromatic carbocycles. The number of carbonyl (C=O) groups is 1. The van der Waals surface area contributed by atoms with Crippen LogP contribution < -0.4 is 5.32 Å². The summed E-state index contributed by atoms with van der Waals surface area (Å²) >= 11 is 5.76. The third-order valence-electron chi connectivity index (χ3n) is 3.51. The van der Waals surface area contributed by atoms with Crippen LogP contribution in [0.4, 0.5) is 5.69 Å². The van der Waals surface area contributed by atoms with Crippen molar-refractivity contribution < 1.29 is 13.2 Å². The topological polar surface area (TPSA) is 79.4 Å². The molecule has 6 nitrogen and oxygen atoms in total. The zero-order valence-corrected chi connectivity index (χ0v) is 15.1. The summed E-state index contributed by atoms with van der Waals surface area (Å²) in [6.45, 7) is 3.60. The molecule has 0 bridgehead atoms. The van der Waals surface area contributed by atoms with E-state index in [1.807, 2.05) is 0 Å². The van der Waals surface area contributed by atoms with Gasteiger partial charge < -0.3 is 5.32 Å². The van der Waals surface area contributed by atoms with E-state index in [4.69, 9.17) is 11.6 Å². The molecule has 0 spiro atoms. The number of hydrogen-bond acceptors (Lipinski definition) is 4. The van der Waals surface area contributed by atoms with Gasteiger partial charge in [-0.05, 0) is 50.2 Å². The van der Waals surface area contributed by atoms with Crippen LogP contribution in [0, 0.1) is 0 Å². The number of anilines is 1. The summed E-state index contributed by atoms with van der Waals surface area (Å²) in [5.41, 5.74) is 0.852. The SMILES string of the molecule is CC(C)N(C)S(=O)(=O)c1ccc(NC(=O)c2ccnc(Cl)c2)cc1. The van der Waals surface area contributed by atoms with Gasteiger partial charge in [0.2, 0.25) is 10.0 Å². The van der Waals surface area contributed by atoms with Crippen molar-refractivity contribution in [3.8, 4) is 0 Å². The molecule has 0 radical (unpaired) electrons. The van der Waals surface area contributed by atoms with Crippen molar-refractivity contribution in [1.29, 1.82) is 0 Å². The highest BCUT2D eigenvalue weighted by molar-refractivity contribution is 7.89. The number of halogens is 1. The Morgan fingerprint density at radius 1 is 1.21 bits per heavy atom. The van der Waals surface area contributed by atoms with Crippen LogP contribution >= 0.6 is 11.6 Å². The number of amides is 1. The molecule has 0 saturated heterocycles. The molecule has 1 N–H and O–H groups in total. The quantitative estimate of drug-likeness (QED) is 0.824. The minimum absolute atomic E-state index is 0.147. The molecule has 0 atom stereocenters. The highest BCUT2D eigenvalue weighted by Crippen LogP contribution is 2.19. The third-order valence-corrected chi connectivity index (χ3v) is 5.76. The Morgan fingerprint density at radius 2 is 1.83 bits per heavy atom. The lowest BCUT2D eigenvalue weighted by Gasteiger charge is -2.21. The first-order chi connectivity index (χ1) is 11.2. The Hall–Kier alpha value is -1.96. The molecule has 0 unspecified atom stereocenters. The molecule has 24 heavy (non-hydrogen) atoms. The fourth-order valence-electron chi connectivity index (χ4n) is 1.90. The second kappa shape index (κ2) is 7.29. The number of aromatic nitrogens is 1. The van der Waals surface area contributed by atoms with Crippen molar-refractivity contribution in [2.45, 2.75) is 24.8 Å². The van der Waals surface area contributed by atoms with Gasteiger partial charge in [0.25, 0.3) is 5.91 Å². The Morgan fingerprint density at radius 3 is 2.38 bits per heavy atom. The van der Waals surface area contributed by atoms with Gasteiger partial charge in [0.05, 0.1) is 4.90 Å². The molecule has 1 heterocycles. The Balaban J connectivity index is 2.17. The number of pyridine rings is 1. The molecule has 0 aliphatic carbocycles. The van der Waals surface area contributed by atoms with Crippen LogP contribution in [0.3, 0.4) is 0 Å². The Labute approximate surface area is 146 Å². The molecule has 2 aromatic rings. The average molecular weight is 368 g/mol. The maximum absolute atomic E-state index is 12.4. The first-order valence-electron chi connectivity index (χ1n) is 7.23. The van der Waals surface area contributed by atoms with Crippen LogP contribution in [0.1, 0.15) is 24.2 Å². The van der Waals surface area contributed by atoms with Gasteiger partial charge in [0, 0.05) is 30.5 Å². The van der Waals surface area contributed by atoms with Crippen LogP contribution in [0.15, 0.2) is 47.5 Å².